The first-order chi connectivity index (χ1) is 19.0. The third-order valence-corrected chi connectivity index (χ3v) is 8.70. The maximum absolute atomic E-state index is 13.9. The summed E-state index contributed by atoms with van der Waals surface area (Å²) >= 11 is 0.419. The number of hydrogen-bond acceptors (Lipinski definition) is 12. The summed E-state index contributed by atoms with van der Waals surface area (Å²) in [7, 11) is -3.67. The number of rotatable bonds is 8. The highest BCUT2D eigenvalue weighted by Gasteiger charge is 2.54. The van der Waals surface area contributed by atoms with Crippen molar-refractivity contribution >= 4 is 56.1 Å². The second-order valence-corrected chi connectivity index (χ2v) is 13.0. The minimum Gasteiger partial charge on any atom is -0.466 e. The van der Waals surface area contributed by atoms with Crippen LogP contribution in [0.4, 0.5) is 19.3 Å². The molecule has 1 aromatic carbocycles. The van der Waals surface area contributed by atoms with Crippen LogP contribution in [0.5, 0.6) is 0 Å². The summed E-state index contributed by atoms with van der Waals surface area (Å²) in [6, 6.07) is 1.76. The number of alkyl halides is 2. The van der Waals surface area contributed by atoms with Gasteiger partial charge in [-0.3, -0.25) is 10.1 Å². The number of carbonyl (C=O) groups excluding carboxylic acids is 2. The number of esters is 1. The average molecular weight is 615 g/mol. The molecule has 220 valence electrons. The molecule has 0 N–H and O–H groups in total. The molecule has 0 aliphatic heterocycles. The number of amides is 1. The monoisotopic (exact) mass is 614 g/mol. The van der Waals surface area contributed by atoms with Crippen molar-refractivity contribution < 1.29 is 41.2 Å². The van der Waals surface area contributed by atoms with Gasteiger partial charge in [0.25, 0.3) is 22.1 Å². The number of benzene rings is 1. The van der Waals surface area contributed by atoms with Crippen LogP contribution in [0.25, 0.3) is 22.1 Å². The molecule has 3 aromatic rings. The largest absolute Gasteiger partial charge is 0.466 e. The zero-order valence-electron chi connectivity index (χ0n) is 22.3. The summed E-state index contributed by atoms with van der Waals surface area (Å²) in [6.45, 7) is 6.20. The molecule has 14 nitrogen and oxygen atoms in total. The summed E-state index contributed by atoms with van der Waals surface area (Å²) < 4.78 is 65.7. The van der Waals surface area contributed by atoms with Crippen molar-refractivity contribution in [2.24, 2.45) is 0 Å². The maximum Gasteiger partial charge on any atom is 0.424 e. The number of methoxy groups -OCH3 is 1. The molecule has 1 fully saturated rings. The van der Waals surface area contributed by atoms with Crippen molar-refractivity contribution in [2.45, 2.75) is 63.0 Å². The number of non-ortho nitro benzene ring substituents is 1. The first-order valence-electron chi connectivity index (χ1n) is 11.9. The van der Waals surface area contributed by atoms with Gasteiger partial charge >= 0.3 is 12.1 Å². The van der Waals surface area contributed by atoms with Gasteiger partial charge in [0.15, 0.2) is 5.01 Å². The SMILES string of the molecule is COC(=O)/C=C/c1nn(-c2nnc(C(F)F)s2)c2cc(S(=O)(=O)N(C(=O)OC(C)(C)C)C3(C)CC3)cc([N+](=O)[O-])c12. The Morgan fingerprint density at radius 3 is 2.44 bits per heavy atom. The molecule has 1 amide bonds. The predicted octanol–water partition coefficient (Wildman–Crippen LogP) is 4.39. The third kappa shape index (κ3) is 5.88. The summed E-state index contributed by atoms with van der Waals surface area (Å²) in [5.41, 5.74) is -3.35. The van der Waals surface area contributed by atoms with E-state index in [2.05, 4.69) is 20.0 Å². The zero-order valence-corrected chi connectivity index (χ0v) is 24.0. The fourth-order valence-corrected chi connectivity index (χ4v) is 6.19. The number of fused-ring (bicyclic) bond motifs is 1. The third-order valence-electron chi connectivity index (χ3n) is 5.90. The number of ether oxygens (including phenoxy) is 2. The van der Waals surface area contributed by atoms with Crippen molar-refractivity contribution in [3.05, 3.63) is 39.0 Å². The standard InChI is InChI=1S/C23H24F2N6O8S2/c1-22(2,3)39-21(33)30(23(4)8-9-23)41(36,37)12-10-14-17(15(11-12)31(34)35)13(6-7-16(32)38-5)28-29(14)20-27-26-19(40-20)18(24)25/h6-7,10-11,18H,8-9H2,1-5H3/b7-6+. The smallest absolute Gasteiger partial charge is 0.424 e. The molecule has 0 unspecified atom stereocenters. The number of halogens is 2. The van der Waals surface area contributed by atoms with Gasteiger partial charge in [0, 0.05) is 12.1 Å². The fourth-order valence-electron chi connectivity index (χ4n) is 3.80. The van der Waals surface area contributed by atoms with Gasteiger partial charge in [0.2, 0.25) is 5.13 Å². The number of hydrogen-bond donors (Lipinski definition) is 0. The van der Waals surface area contributed by atoms with Gasteiger partial charge in [-0.25, -0.2) is 31.5 Å². The lowest BCUT2D eigenvalue weighted by atomic mass is 10.1. The van der Waals surface area contributed by atoms with E-state index >= 15 is 0 Å². The Labute approximate surface area is 235 Å². The Morgan fingerprint density at radius 2 is 1.93 bits per heavy atom. The Balaban J connectivity index is 2.01. The van der Waals surface area contributed by atoms with Gasteiger partial charge in [-0.15, -0.1) is 10.2 Å². The van der Waals surface area contributed by atoms with E-state index in [0.717, 1.165) is 36.1 Å². The average Bonchev–Trinajstić information content (AvgIpc) is 3.26. The van der Waals surface area contributed by atoms with E-state index in [1.54, 1.807) is 20.8 Å². The van der Waals surface area contributed by atoms with Crippen molar-refractivity contribution in [1.29, 1.82) is 0 Å². The molecule has 4 rings (SSSR count). The molecule has 18 heteroatoms. The van der Waals surface area contributed by atoms with Gasteiger partial charge in [-0.05, 0) is 52.7 Å². The van der Waals surface area contributed by atoms with E-state index in [1.165, 1.54) is 6.92 Å². The molecular formula is C23H24F2N6O8S2. The lowest BCUT2D eigenvalue weighted by Crippen LogP contribution is -2.47. The predicted molar refractivity (Wildman–Crippen MR) is 140 cm³/mol. The Hall–Kier alpha value is -4.06. The summed E-state index contributed by atoms with van der Waals surface area (Å²) in [4.78, 5) is 35.5. The number of nitro groups is 1. The highest BCUT2D eigenvalue weighted by molar-refractivity contribution is 7.89. The van der Waals surface area contributed by atoms with Crippen LogP contribution in [0.2, 0.25) is 0 Å². The summed E-state index contributed by atoms with van der Waals surface area (Å²) in [5, 5.41) is 22.3. The van der Waals surface area contributed by atoms with Crippen LogP contribution >= 0.6 is 11.3 Å². The molecule has 0 atom stereocenters. The summed E-state index contributed by atoms with van der Waals surface area (Å²) in [5.74, 6) is -0.823. The second-order valence-electron chi connectivity index (χ2n) is 10.2. The molecular weight excluding hydrogens is 590 g/mol. The number of carbonyl (C=O) groups is 2. The number of nitro benzene ring substituents is 1. The molecule has 2 aromatic heterocycles. The van der Waals surface area contributed by atoms with Gasteiger partial charge in [0.1, 0.15) is 16.7 Å². The van der Waals surface area contributed by atoms with Crippen molar-refractivity contribution in [3.63, 3.8) is 0 Å². The molecule has 1 saturated carbocycles. The minimum atomic E-state index is -4.77. The van der Waals surface area contributed by atoms with Crippen molar-refractivity contribution in [1.82, 2.24) is 24.3 Å². The van der Waals surface area contributed by atoms with Gasteiger partial charge < -0.3 is 9.47 Å². The van der Waals surface area contributed by atoms with E-state index in [1.807, 2.05) is 0 Å². The van der Waals surface area contributed by atoms with Gasteiger partial charge in [0.05, 0.1) is 28.0 Å². The van der Waals surface area contributed by atoms with Crippen LogP contribution in [0.1, 0.15) is 57.7 Å². The molecule has 0 spiro atoms. The Bertz CT molecular complexity index is 1690. The van der Waals surface area contributed by atoms with E-state index < -0.39 is 60.2 Å². The molecule has 0 bridgehead atoms. The molecule has 41 heavy (non-hydrogen) atoms. The molecule has 1 aliphatic rings. The van der Waals surface area contributed by atoms with E-state index in [4.69, 9.17) is 4.74 Å². The van der Waals surface area contributed by atoms with Crippen molar-refractivity contribution in [3.8, 4) is 5.13 Å². The first kappa shape index (κ1) is 29.9. The number of aromatic nitrogens is 4. The lowest BCUT2D eigenvalue weighted by Gasteiger charge is -2.31. The van der Waals surface area contributed by atoms with Crippen molar-refractivity contribution in [2.75, 3.05) is 7.11 Å². The molecule has 0 radical (unpaired) electrons. The van der Waals surface area contributed by atoms with Crippen LogP contribution in [0.15, 0.2) is 23.1 Å². The fraction of sp³-hybridized carbons (Fsp3) is 0.435. The van der Waals surface area contributed by atoms with Crippen LogP contribution in [-0.4, -0.2) is 67.9 Å². The Kier molecular flexibility index (Phi) is 7.59. The van der Waals surface area contributed by atoms with Crippen LogP contribution in [-0.2, 0) is 24.3 Å². The van der Waals surface area contributed by atoms with E-state index in [9.17, 15) is 36.9 Å². The van der Waals surface area contributed by atoms with Gasteiger partial charge in [-0.1, -0.05) is 11.3 Å². The number of nitrogens with zero attached hydrogens (tertiary/aromatic N) is 6. The molecule has 2 heterocycles. The Morgan fingerprint density at radius 1 is 1.27 bits per heavy atom. The van der Waals surface area contributed by atoms with Crippen LogP contribution < -0.4 is 0 Å². The topological polar surface area (TPSA) is 177 Å². The van der Waals surface area contributed by atoms with Gasteiger partial charge in [-0.2, -0.15) is 9.40 Å². The highest BCUT2D eigenvalue weighted by Crippen LogP contribution is 2.46. The molecule has 0 saturated heterocycles. The second kappa shape index (κ2) is 10.4. The normalized spacial score (nSPS) is 14.9. The highest BCUT2D eigenvalue weighted by atomic mass is 32.2. The zero-order chi connectivity index (χ0) is 30.5. The quantitative estimate of drug-likeness (QED) is 0.152. The van der Waals surface area contributed by atoms with E-state index in [-0.39, 0.29) is 21.7 Å². The molecule has 1 aliphatic carbocycles. The first-order valence-corrected chi connectivity index (χ1v) is 14.1. The summed E-state index contributed by atoms with van der Waals surface area (Å²) in [6.07, 6.45) is -1.48. The van der Waals surface area contributed by atoms with Crippen LogP contribution in [0.3, 0.4) is 0 Å². The van der Waals surface area contributed by atoms with E-state index in [0.29, 0.717) is 28.5 Å². The maximum atomic E-state index is 13.9. The number of sulfonamides is 1. The lowest BCUT2D eigenvalue weighted by molar-refractivity contribution is -0.383. The van der Waals surface area contributed by atoms with Crippen LogP contribution in [0, 0.1) is 10.1 Å². The minimum absolute atomic E-state index is 0.187.